The van der Waals surface area contributed by atoms with E-state index in [0.29, 0.717) is 9.52 Å². The third kappa shape index (κ3) is 2.88. The normalized spacial score (nSPS) is 10.0. The van der Waals surface area contributed by atoms with E-state index in [1.54, 1.807) is 14.2 Å². The quantitative estimate of drug-likeness (QED) is 0.754. The van der Waals surface area contributed by atoms with Crippen LogP contribution in [0, 0.1) is 0 Å². The van der Waals surface area contributed by atoms with E-state index < -0.39 is 0 Å². The van der Waals surface area contributed by atoms with Crippen molar-refractivity contribution in [3.63, 3.8) is 0 Å². The summed E-state index contributed by atoms with van der Waals surface area (Å²) in [6.07, 6.45) is 0. The summed E-state index contributed by atoms with van der Waals surface area (Å²) in [5, 5.41) is 2.50. The van der Waals surface area contributed by atoms with E-state index in [9.17, 15) is 0 Å². The Bertz CT molecular complexity index is 483. The van der Waals surface area contributed by atoms with Crippen molar-refractivity contribution >= 4 is 19.9 Å². The van der Waals surface area contributed by atoms with Gasteiger partial charge in [0.05, 0.1) is 14.2 Å². The van der Waals surface area contributed by atoms with Crippen molar-refractivity contribution in [2.45, 2.75) is 0 Å². The fraction of sp³-hybridized carbons (Fsp3) is 0.143. The van der Waals surface area contributed by atoms with Gasteiger partial charge in [0.25, 0.3) is 0 Å². The molecule has 0 bridgehead atoms. The Morgan fingerprint density at radius 1 is 0.882 bits per heavy atom. The molecule has 0 heterocycles. The van der Waals surface area contributed by atoms with Crippen LogP contribution in [0.25, 0.3) is 0 Å². The predicted molar refractivity (Wildman–Crippen MR) is 71.0 cm³/mol. The first-order chi connectivity index (χ1) is 8.33. The molecule has 0 aromatic heterocycles. The molecular formula is C14H14O2Si. The number of hydrogen-bond donors (Lipinski definition) is 0. The molecule has 2 radical (unpaired) electrons. The van der Waals surface area contributed by atoms with Gasteiger partial charge in [-0.15, -0.1) is 0 Å². The van der Waals surface area contributed by atoms with Gasteiger partial charge in [0, 0.05) is 6.07 Å². The summed E-state index contributed by atoms with van der Waals surface area (Å²) in [6, 6.07) is 16.3. The second-order valence-electron chi connectivity index (χ2n) is 3.56. The molecule has 0 aliphatic rings. The number of ether oxygens (including phenoxy) is 2. The summed E-state index contributed by atoms with van der Waals surface area (Å²) in [4.78, 5) is 0. The first-order valence-corrected chi connectivity index (χ1v) is 6.37. The van der Waals surface area contributed by atoms with E-state index in [1.807, 2.05) is 18.2 Å². The molecule has 0 N–H and O–H groups in total. The van der Waals surface area contributed by atoms with Gasteiger partial charge in [0.1, 0.15) is 21.0 Å². The largest absolute Gasteiger partial charge is 0.497 e. The number of methoxy groups -OCH3 is 2. The average Bonchev–Trinajstić information content (AvgIpc) is 2.40. The van der Waals surface area contributed by atoms with E-state index >= 15 is 0 Å². The maximum atomic E-state index is 5.39. The predicted octanol–water partition coefficient (Wildman–Crippen LogP) is 1.36. The van der Waals surface area contributed by atoms with Crippen LogP contribution >= 0.6 is 0 Å². The summed E-state index contributed by atoms with van der Waals surface area (Å²) in [6.45, 7) is 0. The van der Waals surface area contributed by atoms with Gasteiger partial charge in [-0.25, -0.2) is 0 Å². The zero-order valence-electron chi connectivity index (χ0n) is 9.94. The third-order valence-corrected chi connectivity index (χ3v) is 3.77. The molecule has 0 atom stereocenters. The number of rotatable bonds is 4. The highest BCUT2D eigenvalue weighted by molar-refractivity contribution is 6.68. The zero-order chi connectivity index (χ0) is 12.1. The molecule has 0 fully saturated rings. The van der Waals surface area contributed by atoms with Crippen molar-refractivity contribution in [2.75, 3.05) is 14.2 Å². The van der Waals surface area contributed by atoms with Gasteiger partial charge < -0.3 is 9.47 Å². The van der Waals surface area contributed by atoms with Crippen molar-refractivity contribution in [3.8, 4) is 11.5 Å². The van der Waals surface area contributed by atoms with Crippen LogP contribution in [0.15, 0.2) is 48.5 Å². The first kappa shape index (κ1) is 11.7. The van der Waals surface area contributed by atoms with Gasteiger partial charge in [-0.2, -0.15) is 0 Å². The molecule has 0 saturated heterocycles. The van der Waals surface area contributed by atoms with Crippen LogP contribution in [0.5, 0.6) is 11.5 Å². The SMILES string of the molecule is COc1ccc([Si]c2ccccc2)c(OC)c1. The Balaban J connectivity index is 2.26. The molecule has 86 valence electrons. The van der Waals surface area contributed by atoms with Gasteiger partial charge in [0.15, 0.2) is 0 Å². The van der Waals surface area contributed by atoms with E-state index in [0.717, 1.165) is 11.5 Å². The zero-order valence-corrected chi connectivity index (χ0v) is 10.9. The lowest BCUT2D eigenvalue weighted by atomic mass is 10.3. The Hall–Kier alpha value is -1.74. The Morgan fingerprint density at radius 3 is 2.29 bits per heavy atom. The van der Waals surface area contributed by atoms with E-state index in [2.05, 4.69) is 30.3 Å². The maximum absolute atomic E-state index is 5.39. The van der Waals surface area contributed by atoms with Crippen LogP contribution in [0.4, 0.5) is 0 Å². The molecule has 0 saturated carbocycles. The summed E-state index contributed by atoms with van der Waals surface area (Å²) in [5.41, 5.74) is 0. The second kappa shape index (κ2) is 5.55. The van der Waals surface area contributed by atoms with Gasteiger partial charge in [0.2, 0.25) is 0 Å². The molecule has 0 amide bonds. The van der Waals surface area contributed by atoms with Crippen LogP contribution in [0.2, 0.25) is 0 Å². The summed E-state index contributed by atoms with van der Waals surface area (Å²) in [5.74, 6) is 1.70. The molecule has 0 spiro atoms. The smallest absolute Gasteiger partial charge is 0.126 e. The van der Waals surface area contributed by atoms with E-state index in [-0.39, 0.29) is 0 Å². The molecular weight excluding hydrogens is 228 g/mol. The molecule has 2 aromatic carbocycles. The molecule has 0 unspecified atom stereocenters. The van der Waals surface area contributed by atoms with Crippen LogP contribution in [-0.4, -0.2) is 23.7 Å². The van der Waals surface area contributed by atoms with Crippen molar-refractivity contribution in [1.29, 1.82) is 0 Å². The maximum Gasteiger partial charge on any atom is 0.126 e. The monoisotopic (exact) mass is 242 g/mol. The highest BCUT2D eigenvalue weighted by atomic mass is 28.2. The minimum Gasteiger partial charge on any atom is -0.497 e. The molecule has 2 nitrogen and oxygen atoms in total. The third-order valence-electron chi connectivity index (χ3n) is 2.46. The fourth-order valence-electron chi connectivity index (χ4n) is 1.58. The standard InChI is InChI=1S/C14H14O2Si/c1-15-11-8-9-14(13(10-11)16-2)17-12-6-4-3-5-7-12/h3-10H,1-2H3. The van der Waals surface area contributed by atoms with Crippen molar-refractivity contribution < 1.29 is 9.47 Å². The highest BCUT2D eigenvalue weighted by Gasteiger charge is 2.06. The Morgan fingerprint density at radius 2 is 1.65 bits per heavy atom. The van der Waals surface area contributed by atoms with Crippen molar-refractivity contribution in [1.82, 2.24) is 0 Å². The summed E-state index contributed by atoms with van der Waals surface area (Å²) >= 11 is 0. The summed E-state index contributed by atoms with van der Waals surface area (Å²) in [7, 11) is 3.95. The lowest BCUT2D eigenvalue weighted by Gasteiger charge is -2.09. The lowest BCUT2D eigenvalue weighted by Crippen LogP contribution is -2.27. The molecule has 2 rings (SSSR count). The van der Waals surface area contributed by atoms with Crippen molar-refractivity contribution in [3.05, 3.63) is 48.5 Å². The molecule has 3 heteroatoms. The Labute approximate surface area is 104 Å². The fourth-order valence-corrected chi connectivity index (χ4v) is 2.71. The molecule has 2 aromatic rings. The molecule has 0 aliphatic heterocycles. The highest BCUT2D eigenvalue weighted by Crippen LogP contribution is 2.16. The summed E-state index contributed by atoms with van der Waals surface area (Å²) < 4.78 is 10.6. The molecule has 0 aliphatic carbocycles. The first-order valence-electron chi connectivity index (χ1n) is 5.37. The minimum atomic E-state index is 0.600. The Kier molecular flexibility index (Phi) is 3.83. The van der Waals surface area contributed by atoms with E-state index in [1.165, 1.54) is 10.4 Å². The lowest BCUT2D eigenvalue weighted by molar-refractivity contribution is 0.396. The minimum absolute atomic E-state index is 0.600. The number of benzene rings is 2. The van der Waals surface area contributed by atoms with E-state index in [4.69, 9.17) is 9.47 Å². The van der Waals surface area contributed by atoms with Crippen molar-refractivity contribution in [2.24, 2.45) is 0 Å². The van der Waals surface area contributed by atoms with Crippen LogP contribution < -0.4 is 19.8 Å². The molecule has 17 heavy (non-hydrogen) atoms. The van der Waals surface area contributed by atoms with Gasteiger partial charge in [-0.3, -0.25) is 0 Å². The van der Waals surface area contributed by atoms with Gasteiger partial charge in [-0.05, 0) is 11.3 Å². The van der Waals surface area contributed by atoms with Gasteiger partial charge >= 0.3 is 0 Å². The average molecular weight is 242 g/mol. The van der Waals surface area contributed by atoms with Gasteiger partial charge in [-0.1, -0.05) is 41.6 Å². The second-order valence-corrected chi connectivity index (χ2v) is 4.92. The van der Waals surface area contributed by atoms with Crippen LogP contribution in [0.1, 0.15) is 0 Å². The number of hydrogen-bond acceptors (Lipinski definition) is 2. The van der Waals surface area contributed by atoms with Crippen LogP contribution in [0.3, 0.4) is 0 Å². The topological polar surface area (TPSA) is 18.5 Å². The van der Waals surface area contributed by atoms with Crippen LogP contribution in [-0.2, 0) is 0 Å².